The molecule has 0 radical (unpaired) electrons. The summed E-state index contributed by atoms with van der Waals surface area (Å²) < 4.78 is 2.29. The number of rotatable bonds is 5. The first-order chi connectivity index (χ1) is 8.27. The molecule has 0 aromatic carbocycles. The molecule has 0 amide bonds. The van der Waals surface area contributed by atoms with Gasteiger partial charge in [0.05, 0.1) is 11.7 Å². The van der Waals surface area contributed by atoms with Gasteiger partial charge in [0.25, 0.3) is 0 Å². The number of likely N-dealkylation sites (N-methyl/N-ethyl adjacent to an activating group) is 1. The van der Waals surface area contributed by atoms with Gasteiger partial charge in [-0.1, -0.05) is 6.92 Å². The number of fused-ring (bicyclic) bond motifs is 1. The molecular formula is C14H21N3. The molecule has 2 aromatic rings. The maximum atomic E-state index is 4.29. The van der Waals surface area contributed by atoms with Gasteiger partial charge < -0.3 is 9.88 Å². The van der Waals surface area contributed by atoms with Crippen molar-refractivity contribution in [2.24, 2.45) is 0 Å². The Hall–Kier alpha value is -1.35. The Bertz CT molecular complexity index is 499. The average molecular weight is 231 g/mol. The number of pyridine rings is 1. The summed E-state index contributed by atoms with van der Waals surface area (Å²) in [5.41, 5.74) is 3.97. The molecule has 2 rings (SSSR count). The highest BCUT2D eigenvalue weighted by atomic mass is 15.0. The zero-order chi connectivity index (χ0) is 12.3. The van der Waals surface area contributed by atoms with E-state index in [0.29, 0.717) is 0 Å². The van der Waals surface area contributed by atoms with Crippen molar-refractivity contribution in [2.45, 2.75) is 33.7 Å². The van der Waals surface area contributed by atoms with E-state index in [1.54, 1.807) is 0 Å². The number of hydrogen-bond donors (Lipinski definition) is 1. The van der Waals surface area contributed by atoms with Crippen molar-refractivity contribution in [1.29, 1.82) is 0 Å². The van der Waals surface area contributed by atoms with Crippen LogP contribution in [0.1, 0.15) is 25.0 Å². The van der Waals surface area contributed by atoms with Gasteiger partial charge in [0.1, 0.15) is 0 Å². The molecule has 0 spiro atoms. The minimum atomic E-state index is 1.00. The first-order valence-electron chi connectivity index (χ1n) is 6.41. The van der Waals surface area contributed by atoms with Crippen LogP contribution in [0.4, 0.5) is 0 Å². The molecule has 17 heavy (non-hydrogen) atoms. The first kappa shape index (κ1) is 12.1. The van der Waals surface area contributed by atoms with Crippen molar-refractivity contribution in [3.63, 3.8) is 0 Å². The summed E-state index contributed by atoms with van der Waals surface area (Å²) >= 11 is 0. The number of hydrogen-bond acceptors (Lipinski definition) is 2. The van der Waals surface area contributed by atoms with E-state index in [2.05, 4.69) is 41.8 Å². The lowest BCUT2D eigenvalue weighted by Gasteiger charge is -2.02. The van der Waals surface area contributed by atoms with Crippen LogP contribution in [0.15, 0.2) is 18.6 Å². The van der Waals surface area contributed by atoms with Crippen LogP contribution >= 0.6 is 0 Å². The van der Waals surface area contributed by atoms with E-state index in [1.807, 2.05) is 12.4 Å². The Kier molecular flexibility index (Phi) is 3.79. The lowest BCUT2D eigenvalue weighted by molar-refractivity contribution is 0.714. The third-order valence-electron chi connectivity index (χ3n) is 3.22. The predicted octanol–water partition coefficient (Wildman–Crippen LogP) is 2.52. The van der Waals surface area contributed by atoms with Gasteiger partial charge in [-0.25, -0.2) is 0 Å². The van der Waals surface area contributed by atoms with Gasteiger partial charge >= 0.3 is 0 Å². The largest absolute Gasteiger partial charge is 0.346 e. The van der Waals surface area contributed by atoms with Crippen LogP contribution in [0.5, 0.6) is 0 Å². The second kappa shape index (κ2) is 5.32. The van der Waals surface area contributed by atoms with Crippen molar-refractivity contribution >= 4 is 10.9 Å². The Balaban J connectivity index is 2.40. The highest BCUT2D eigenvalue weighted by molar-refractivity contribution is 5.86. The third-order valence-corrected chi connectivity index (χ3v) is 3.22. The highest BCUT2D eigenvalue weighted by Crippen LogP contribution is 2.24. The molecule has 0 saturated heterocycles. The van der Waals surface area contributed by atoms with Crippen LogP contribution in [0.3, 0.4) is 0 Å². The van der Waals surface area contributed by atoms with Crippen molar-refractivity contribution in [1.82, 2.24) is 14.9 Å². The van der Waals surface area contributed by atoms with Crippen molar-refractivity contribution in [3.05, 3.63) is 29.7 Å². The zero-order valence-electron chi connectivity index (χ0n) is 11.0. The van der Waals surface area contributed by atoms with E-state index >= 15 is 0 Å². The van der Waals surface area contributed by atoms with Gasteiger partial charge in [-0.15, -0.1) is 0 Å². The standard InChI is InChI=1S/C14H21N3/c1-4-15-7-6-12-10-17(5-2)13-9-16-8-11(3)14(12)13/h8-10,15H,4-7H2,1-3H3. The molecule has 0 aliphatic heterocycles. The maximum absolute atomic E-state index is 4.29. The molecule has 0 fully saturated rings. The van der Waals surface area contributed by atoms with E-state index in [1.165, 1.54) is 22.0 Å². The zero-order valence-corrected chi connectivity index (χ0v) is 11.0. The molecule has 0 aliphatic carbocycles. The predicted molar refractivity (Wildman–Crippen MR) is 72.4 cm³/mol. The van der Waals surface area contributed by atoms with E-state index in [-0.39, 0.29) is 0 Å². The lowest BCUT2D eigenvalue weighted by atomic mass is 10.1. The molecule has 0 saturated carbocycles. The Morgan fingerprint density at radius 3 is 2.82 bits per heavy atom. The van der Waals surface area contributed by atoms with Crippen LogP contribution < -0.4 is 5.32 Å². The summed E-state index contributed by atoms with van der Waals surface area (Å²) in [4.78, 5) is 4.29. The smallest absolute Gasteiger partial charge is 0.0672 e. The van der Waals surface area contributed by atoms with E-state index in [9.17, 15) is 0 Å². The summed E-state index contributed by atoms with van der Waals surface area (Å²) in [6, 6.07) is 0. The maximum Gasteiger partial charge on any atom is 0.0672 e. The summed E-state index contributed by atoms with van der Waals surface area (Å²) in [6.45, 7) is 9.54. The topological polar surface area (TPSA) is 29.9 Å². The van der Waals surface area contributed by atoms with Crippen LogP contribution in [-0.4, -0.2) is 22.6 Å². The minimum absolute atomic E-state index is 1.00. The Morgan fingerprint density at radius 1 is 1.29 bits per heavy atom. The molecule has 92 valence electrons. The molecule has 0 atom stereocenters. The van der Waals surface area contributed by atoms with Crippen LogP contribution in [0, 0.1) is 6.92 Å². The second-order valence-electron chi connectivity index (χ2n) is 4.39. The highest BCUT2D eigenvalue weighted by Gasteiger charge is 2.09. The van der Waals surface area contributed by atoms with Gasteiger partial charge in [-0.3, -0.25) is 4.98 Å². The van der Waals surface area contributed by atoms with Crippen molar-refractivity contribution < 1.29 is 0 Å². The summed E-state index contributed by atoms with van der Waals surface area (Å²) in [5.74, 6) is 0. The van der Waals surface area contributed by atoms with Crippen LogP contribution in [-0.2, 0) is 13.0 Å². The first-order valence-corrected chi connectivity index (χ1v) is 6.41. The molecular weight excluding hydrogens is 210 g/mol. The number of nitrogens with one attached hydrogen (secondary N) is 1. The van der Waals surface area contributed by atoms with E-state index in [0.717, 1.165) is 26.1 Å². The fourth-order valence-electron chi connectivity index (χ4n) is 2.36. The fraction of sp³-hybridized carbons (Fsp3) is 0.500. The number of nitrogens with zero attached hydrogens (tertiary/aromatic N) is 2. The summed E-state index contributed by atoms with van der Waals surface area (Å²) in [5, 5.41) is 4.77. The van der Waals surface area contributed by atoms with Gasteiger partial charge in [-0.2, -0.15) is 0 Å². The van der Waals surface area contributed by atoms with Crippen LogP contribution in [0.25, 0.3) is 10.9 Å². The molecule has 3 nitrogen and oxygen atoms in total. The van der Waals surface area contributed by atoms with Gasteiger partial charge in [0.2, 0.25) is 0 Å². The second-order valence-corrected chi connectivity index (χ2v) is 4.39. The fourth-order valence-corrected chi connectivity index (χ4v) is 2.36. The van der Waals surface area contributed by atoms with Gasteiger partial charge in [0.15, 0.2) is 0 Å². The monoisotopic (exact) mass is 231 g/mol. The van der Waals surface area contributed by atoms with E-state index < -0.39 is 0 Å². The lowest BCUT2D eigenvalue weighted by Crippen LogP contribution is -2.15. The molecule has 1 N–H and O–H groups in total. The average Bonchev–Trinajstić information content (AvgIpc) is 2.69. The Labute approximate surface area is 103 Å². The molecule has 0 unspecified atom stereocenters. The van der Waals surface area contributed by atoms with Crippen molar-refractivity contribution in [3.8, 4) is 0 Å². The molecule has 3 heteroatoms. The Morgan fingerprint density at radius 2 is 2.12 bits per heavy atom. The van der Waals surface area contributed by atoms with Crippen LogP contribution in [0.2, 0.25) is 0 Å². The van der Waals surface area contributed by atoms with Gasteiger partial charge in [-0.05, 0) is 44.5 Å². The molecule has 2 aromatic heterocycles. The third kappa shape index (κ3) is 2.34. The molecule has 2 heterocycles. The SMILES string of the molecule is CCNCCc1cn(CC)c2cncc(C)c12. The molecule has 0 bridgehead atoms. The quantitative estimate of drug-likeness (QED) is 0.801. The number of aromatic nitrogens is 2. The normalized spacial score (nSPS) is 11.2. The van der Waals surface area contributed by atoms with Crippen molar-refractivity contribution in [2.75, 3.05) is 13.1 Å². The van der Waals surface area contributed by atoms with E-state index in [4.69, 9.17) is 0 Å². The summed E-state index contributed by atoms with van der Waals surface area (Å²) in [7, 11) is 0. The molecule has 0 aliphatic rings. The summed E-state index contributed by atoms with van der Waals surface area (Å²) in [6.07, 6.45) is 7.29. The minimum Gasteiger partial charge on any atom is -0.346 e. The number of aryl methyl sites for hydroxylation is 2. The van der Waals surface area contributed by atoms with Gasteiger partial charge in [0, 0.05) is 24.3 Å².